The first kappa shape index (κ1) is 21.3. The standard InChI is InChI=1S/C24H30N4O3/c1-17-13-22(19(3)28(17)24-14-18(2)31-25-24)23(29)16-27-11-9-26(10-12-27)15-20-5-7-21(30-4)8-6-20/h5-8,13-14H,9-12,15-16H2,1-4H3/p+2. The molecule has 2 N–H and O–H groups in total. The van der Waals surface area contributed by atoms with Crippen LogP contribution in [0.3, 0.4) is 0 Å². The van der Waals surface area contributed by atoms with E-state index in [1.165, 1.54) is 10.5 Å². The summed E-state index contributed by atoms with van der Waals surface area (Å²) < 4.78 is 12.5. The summed E-state index contributed by atoms with van der Waals surface area (Å²) in [4.78, 5) is 16.0. The summed E-state index contributed by atoms with van der Waals surface area (Å²) in [5.74, 6) is 2.59. The molecule has 0 unspecified atom stereocenters. The summed E-state index contributed by atoms with van der Waals surface area (Å²) in [5.41, 5.74) is 4.04. The number of nitrogens with zero attached hydrogens (tertiary/aromatic N) is 2. The molecule has 0 atom stereocenters. The number of methoxy groups -OCH3 is 1. The molecule has 0 spiro atoms. The molecule has 0 saturated carbocycles. The van der Waals surface area contributed by atoms with Crippen molar-refractivity contribution in [2.45, 2.75) is 27.3 Å². The molecular formula is C24H32N4O3+2. The number of benzene rings is 1. The van der Waals surface area contributed by atoms with E-state index in [0.717, 1.165) is 67.0 Å². The van der Waals surface area contributed by atoms with Crippen LogP contribution in [0.25, 0.3) is 5.82 Å². The normalized spacial score (nSPS) is 18.8. The Bertz CT molecular complexity index is 1040. The third-order valence-corrected chi connectivity index (χ3v) is 6.26. The van der Waals surface area contributed by atoms with Gasteiger partial charge in [-0.2, -0.15) is 0 Å². The van der Waals surface area contributed by atoms with Crippen LogP contribution in [0, 0.1) is 20.8 Å². The van der Waals surface area contributed by atoms with Crippen LogP contribution >= 0.6 is 0 Å². The maximum absolute atomic E-state index is 13.1. The molecule has 4 rings (SSSR count). The molecule has 31 heavy (non-hydrogen) atoms. The number of Topliss-reactive ketones (excluding diaryl/α,β-unsaturated/α-hetero) is 1. The third-order valence-electron chi connectivity index (χ3n) is 6.26. The van der Waals surface area contributed by atoms with E-state index in [9.17, 15) is 4.79 Å². The van der Waals surface area contributed by atoms with E-state index in [1.807, 2.05) is 49.6 Å². The van der Waals surface area contributed by atoms with Gasteiger partial charge in [0.25, 0.3) is 0 Å². The molecule has 1 aliphatic rings. The lowest BCUT2D eigenvalue weighted by molar-refractivity contribution is -1.01. The van der Waals surface area contributed by atoms with Crippen LogP contribution in [0.2, 0.25) is 0 Å². The van der Waals surface area contributed by atoms with Crippen LogP contribution in [-0.4, -0.2) is 55.3 Å². The van der Waals surface area contributed by atoms with Crippen molar-refractivity contribution in [3.63, 3.8) is 0 Å². The van der Waals surface area contributed by atoms with Gasteiger partial charge in [-0.25, -0.2) is 0 Å². The van der Waals surface area contributed by atoms with Gasteiger partial charge in [-0.15, -0.1) is 0 Å². The molecule has 0 aliphatic carbocycles. The molecular weight excluding hydrogens is 392 g/mol. The van der Waals surface area contributed by atoms with Crippen molar-refractivity contribution in [3.8, 4) is 11.6 Å². The summed E-state index contributed by atoms with van der Waals surface area (Å²) in [6, 6.07) is 12.2. The number of aryl methyl sites for hydroxylation is 2. The van der Waals surface area contributed by atoms with Crippen LogP contribution in [-0.2, 0) is 6.54 Å². The number of ketones is 1. The fraction of sp³-hybridized carbons (Fsp3) is 0.417. The van der Waals surface area contributed by atoms with E-state index >= 15 is 0 Å². The molecule has 0 bridgehead atoms. The topological polar surface area (TPSA) is 66.1 Å². The number of rotatable bonds is 7. The molecule has 0 radical (unpaired) electrons. The molecule has 1 aliphatic heterocycles. The lowest BCUT2D eigenvalue weighted by Gasteiger charge is -2.29. The monoisotopic (exact) mass is 424 g/mol. The highest BCUT2D eigenvalue weighted by Gasteiger charge is 2.27. The van der Waals surface area contributed by atoms with Gasteiger partial charge in [0.1, 0.15) is 50.8 Å². The Labute approximate surface area is 183 Å². The number of hydrogen-bond donors (Lipinski definition) is 2. The Balaban J connectivity index is 1.34. The first-order valence-electron chi connectivity index (χ1n) is 10.9. The van der Waals surface area contributed by atoms with Crippen LogP contribution in [0.15, 0.2) is 40.9 Å². The second-order valence-corrected chi connectivity index (χ2v) is 8.54. The average molecular weight is 425 g/mol. The zero-order valence-corrected chi connectivity index (χ0v) is 18.8. The minimum absolute atomic E-state index is 0.202. The zero-order valence-electron chi connectivity index (χ0n) is 18.8. The Morgan fingerprint density at radius 2 is 1.74 bits per heavy atom. The van der Waals surface area contributed by atoms with Gasteiger partial charge in [0, 0.05) is 28.6 Å². The number of quaternary nitrogens is 2. The van der Waals surface area contributed by atoms with E-state index in [1.54, 1.807) is 12.0 Å². The quantitative estimate of drug-likeness (QED) is 0.544. The smallest absolute Gasteiger partial charge is 0.218 e. The largest absolute Gasteiger partial charge is 0.497 e. The van der Waals surface area contributed by atoms with Crippen molar-refractivity contribution in [2.75, 3.05) is 39.8 Å². The third kappa shape index (κ3) is 4.73. The van der Waals surface area contributed by atoms with Gasteiger partial charge in [0.15, 0.2) is 5.82 Å². The highest BCUT2D eigenvalue weighted by atomic mass is 16.5. The Hall–Kier alpha value is -2.90. The van der Waals surface area contributed by atoms with Gasteiger partial charge in [-0.1, -0.05) is 5.16 Å². The highest BCUT2D eigenvalue weighted by Crippen LogP contribution is 2.20. The summed E-state index contributed by atoms with van der Waals surface area (Å²) >= 11 is 0. The SMILES string of the molecule is COc1ccc(C[NH+]2CC[NH+](CC(=O)c3cc(C)n(-c4cc(C)on4)c3C)CC2)cc1. The van der Waals surface area contributed by atoms with Crippen molar-refractivity contribution < 1.29 is 23.9 Å². The van der Waals surface area contributed by atoms with Crippen molar-refractivity contribution in [2.24, 2.45) is 0 Å². The number of nitrogens with one attached hydrogen (secondary N) is 2. The van der Waals surface area contributed by atoms with Crippen molar-refractivity contribution >= 4 is 5.78 Å². The fourth-order valence-corrected chi connectivity index (χ4v) is 4.52. The minimum Gasteiger partial charge on any atom is -0.497 e. The Morgan fingerprint density at radius 3 is 2.35 bits per heavy atom. The van der Waals surface area contributed by atoms with Crippen LogP contribution < -0.4 is 14.5 Å². The minimum atomic E-state index is 0.202. The van der Waals surface area contributed by atoms with Gasteiger partial charge in [-0.05, 0) is 51.1 Å². The van der Waals surface area contributed by atoms with Crippen LogP contribution in [0.5, 0.6) is 5.75 Å². The van der Waals surface area contributed by atoms with Crippen molar-refractivity contribution in [1.82, 2.24) is 9.72 Å². The average Bonchev–Trinajstić information content (AvgIpc) is 3.32. The zero-order chi connectivity index (χ0) is 22.0. The second kappa shape index (κ2) is 9.08. The molecule has 3 aromatic rings. The molecule has 7 nitrogen and oxygen atoms in total. The van der Waals surface area contributed by atoms with E-state index in [4.69, 9.17) is 9.26 Å². The van der Waals surface area contributed by atoms with Gasteiger partial charge in [0.05, 0.1) is 7.11 Å². The first-order chi connectivity index (χ1) is 14.9. The van der Waals surface area contributed by atoms with Gasteiger partial charge in [0.2, 0.25) is 5.78 Å². The molecule has 1 saturated heterocycles. The van der Waals surface area contributed by atoms with Gasteiger partial charge >= 0.3 is 0 Å². The highest BCUT2D eigenvalue weighted by molar-refractivity contribution is 5.98. The van der Waals surface area contributed by atoms with E-state index in [-0.39, 0.29) is 5.78 Å². The number of piperazine rings is 1. The molecule has 7 heteroatoms. The number of carbonyl (C=O) groups excluding carboxylic acids is 1. The molecule has 164 valence electrons. The van der Waals surface area contributed by atoms with Crippen molar-refractivity contribution in [1.29, 1.82) is 0 Å². The summed E-state index contributed by atoms with van der Waals surface area (Å²) in [5, 5.41) is 4.11. The molecule has 1 fully saturated rings. The van der Waals surface area contributed by atoms with E-state index < -0.39 is 0 Å². The Kier molecular flexibility index (Phi) is 6.25. The molecule has 1 aromatic carbocycles. The summed E-state index contributed by atoms with van der Waals surface area (Å²) in [6.45, 7) is 11.6. The summed E-state index contributed by atoms with van der Waals surface area (Å²) in [7, 11) is 1.69. The van der Waals surface area contributed by atoms with Gasteiger partial charge in [-0.3, -0.25) is 9.36 Å². The number of ether oxygens (including phenoxy) is 1. The fourth-order valence-electron chi connectivity index (χ4n) is 4.52. The van der Waals surface area contributed by atoms with E-state index in [0.29, 0.717) is 6.54 Å². The lowest BCUT2D eigenvalue weighted by atomic mass is 10.1. The van der Waals surface area contributed by atoms with Crippen molar-refractivity contribution in [3.05, 3.63) is 64.7 Å². The number of carbonyl (C=O) groups is 1. The second-order valence-electron chi connectivity index (χ2n) is 8.54. The predicted octanol–water partition coefficient (Wildman–Crippen LogP) is 0.565. The first-order valence-corrected chi connectivity index (χ1v) is 10.9. The number of hydrogen-bond acceptors (Lipinski definition) is 4. The van der Waals surface area contributed by atoms with E-state index in [2.05, 4.69) is 17.3 Å². The maximum atomic E-state index is 13.1. The maximum Gasteiger partial charge on any atom is 0.218 e. The predicted molar refractivity (Wildman–Crippen MR) is 117 cm³/mol. The van der Waals surface area contributed by atoms with Crippen LogP contribution in [0.4, 0.5) is 0 Å². The molecule has 0 amide bonds. The number of aromatic nitrogens is 2. The molecule has 2 aromatic heterocycles. The Morgan fingerprint density at radius 1 is 1.06 bits per heavy atom. The van der Waals surface area contributed by atoms with Gasteiger partial charge < -0.3 is 19.1 Å². The lowest BCUT2D eigenvalue weighted by Crippen LogP contribution is -3.27. The van der Waals surface area contributed by atoms with Crippen LogP contribution in [0.1, 0.15) is 33.1 Å². The molecule has 3 heterocycles. The summed E-state index contributed by atoms with van der Waals surface area (Å²) in [6.07, 6.45) is 0.